The van der Waals surface area contributed by atoms with Gasteiger partial charge in [0.1, 0.15) is 5.82 Å². The number of anilines is 2. The summed E-state index contributed by atoms with van der Waals surface area (Å²) >= 11 is 0. The van der Waals surface area contributed by atoms with Crippen molar-refractivity contribution >= 4 is 28.4 Å². The Morgan fingerprint density at radius 3 is 3.13 bits per heavy atom. The van der Waals surface area contributed by atoms with Gasteiger partial charge in [-0.3, -0.25) is 9.89 Å². The van der Waals surface area contributed by atoms with Crippen molar-refractivity contribution in [1.82, 2.24) is 20.5 Å². The van der Waals surface area contributed by atoms with Gasteiger partial charge in [0.25, 0.3) is 0 Å². The molecule has 122 valence electrons. The van der Waals surface area contributed by atoms with E-state index in [0.717, 1.165) is 35.6 Å². The van der Waals surface area contributed by atoms with Crippen molar-refractivity contribution in [3.8, 4) is 0 Å². The first-order valence-corrected chi connectivity index (χ1v) is 7.92. The zero-order chi connectivity index (χ0) is 15.8. The summed E-state index contributed by atoms with van der Waals surface area (Å²) in [4.78, 5) is 20.8. The average molecular weight is 316 g/mol. The van der Waals surface area contributed by atoms with Gasteiger partial charge in [0.2, 0.25) is 5.91 Å². The fourth-order valence-electron chi connectivity index (χ4n) is 3.22. The van der Waals surface area contributed by atoms with Gasteiger partial charge in [-0.2, -0.15) is 5.10 Å². The number of pyridine rings is 1. The number of hydrogen-bond acceptors (Lipinski definition) is 6. The topological polar surface area (TPSA) is 86.4 Å². The molecule has 0 radical (unpaired) electrons. The maximum Gasteiger partial charge on any atom is 0.239 e. The molecule has 0 unspecified atom stereocenters. The molecular formula is C15H20N6O2. The van der Waals surface area contributed by atoms with Crippen molar-refractivity contribution in [2.45, 2.75) is 13.0 Å². The summed E-state index contributed by atoms with van der Waals surface area (Å²) in [7, 11) is 0. The molecule has 1 amide bonds. The Balaban J connectivity index is 1.76. The summed E-state index contributed by atoms with van der Waals surface area (Å²) in [5, 5.41) is 10.9. The number of morpholine rings is 1. The molecule has 0 aromatic carbocycles. The molecule has 0 bridgehead atoms. The van der Waals surface area contributed by atoms with Gasteiger partial charge in [0, 0.05) is 25.7 Å². The Morgan fingerprint density at radius 1 is 1.39 bits per heavy atom. The van der Waals surface area contributed by atoms with Crippen LogP contribution in [0.25, 0.3) is 11.0 Å². The Bertz CT molecular complexity index is 730. The van der Waals surface area contributed by atoms with Gasteiger partial charge < -0.3 is 19.9 Å². The molecule has 2 saturated heterocycles. The summed E-state index contributed by atoms with van der Waals surface area (Å²) in [5.74, 6) is 0.949. The lowest BCUT2D eigenvalue weighted by Gasteiger charge is -2.35. The molecule has 0 spiro atoms. The molecule has 0 saturated carbocycles. The van der Waals surface area contributed by atoms with Gasteiger partial charge in [-0.15, -0.1) is 0 Å². The molecule has 2 aliphatic heterocycles. The van der Waals surface area contributed by atoms with Gasteiger partial charge in [0.15, 0.2) is 5.65 Å². The van der Waals surface area contributed by atoms with E-state index < -0.39 is 0 Å². The molecule has 4 rings (SSSR count). The number of aromatic amines is 1. The molecular weight excluding hydrogens is 296 g/mol. The number of piperazine rings is 1. The zero-order valence-corrected chi connectivity index (χ0v) is 13.1. The first kappa shape index (κ1) is 14.3. The lowest BCUT2D eigenvalue weighted by molar-refractivity contribution is -0.120. The second-order valence-corrected chi connectivity index (χ2v) is 6.02. The normalized spacial score (nSPS) is 22.5. The van der Waals surface area contributed by atoms with E-state index in [9.17, 15) is 4.79 Å². The average Bonchev–Trinajstić information content (AvgIpc) is 3.03. The van der Waals surface area contributed by atoms with E-state index in [0.29, 0.717) is 26.3 Å². The summed E-state index contributed by atoms with van der Waals surface area (Å²) in [5.41, 5.74) is 1.76. The Labute approximate surface area is 133 Å². The predicted octanol–water partition coefficient (Wildman–Crippen LogP) is 0.119. The second-order valence-electron chi connectivity index (χ2n) is 6.02. The molecule has 0 aliphatic carbocycles. The highest BCUT2D eigenvalue weighted by Gasteiger charge is 2.24. The summed E-state index contributed by atoms with van der Waals surface area (Å²) in [6, 6.07) is 2.34. The molecule has 1 atom stereocenters. The van der Waals surface area contributed by atoms with E-state index in [-0.39, 0.29) is 11.9 Å². The number of ether oxygens (including phenoxy) is 1. The highest BCUT2D eigenvalue weighted by Crippen LogP contribution is 2.30. The Kier molecular flexibility index (Phi) is 3.53. The Morgan fingerprint density at radius 2 is 2.30 bits per heavy atom. The van der Waals surface area contributed by atoms with Crippen molar-refractivity contribution in [2.75, 3.05) is 49.2 Å². The van der Waals surface area contributed by atoms with Gasteiger partial charge in [0.05, 0.1) is 43.1 Å². The van der Waals surface area contributed by atoms with Crippen LogP contribution in [0.4, 0.5) is 11.5 Å². The maximum absolute atomic E-state index is 11.7. The van der Waals surface area contributed by atoms with Crippen LogP contribution in [0, 0.1) is 0 Å². The van der Waals surface area contributed by atoms with Crippen molar-refractivity contribution in [3.63, 3.8) is 0 Å². The number of carbonyl (C=O) groups is 1. The zero-order valence-electron chi connectivity index (χ0n) is 13.1. The standard InChI is InChI=1S/C15H20N6O2/c1-10-9-23-5-4-21(10)13-6-12(11-7-17-19-15(11)18-13)20-3-2-16-14(22)8-20/h6-7,10H,2-5,8-9H2,1H3,(H,16,22)(H,17,18,19)/t10-/m1/s1. The SMILES string of the molecule is C[C@@H]1COCCN1c1cc(N2CCNC(=O)C2)c2cn[nH]c2n1. The highest BCUT2D eigenvalue weighted by molar-refractivity contribution is 5.94. The van der Waals surface area contributed by atoms with Crippen LogP contribution in [0.1, 0.15) is 6.92 Å². The minimum atomic E-state index is 0.0472. The maximum atomic E-state index is 11.7. The van der Waals surface area contributed by atoms with Crippen molar-refractivity contribution in [2.24, 2.45) is 0 Å². The highest BCUT2D eigenvalue weighted by atomic mass is 16.5. The minimum absolute atomic E-state index is 0.0472. The third-order valence-electron chi connectivity index (χ3n) is 4.43. The number of nitrogens with zero attached hydrogens (tertiary/aromatic N) is 4. The first-order valence-electron chi connectivity index (χ1n) is 7.92. The van der Waals surface area contributed by atoms with Crippen LogP contribution in [0.3, 0.4) is 0 Å². The molecule has 4 heterocycles. The van der Waals surface area contributed by atoms with Gasteiger partial charge in [-0.25, -0.2) is 4.98 Å². The lowest BCUT2D eigenvalue weighted by Crippen LogP contribution is -2.48. The number of aromatic nitrogens is 3. The Hall–Kier alpha value is -2.35. The van der Waals surface area contributed by atoms with Gasteiger partial charge in [-0.1, -0.05) is 0 Å². The smallest absolute Gasteiger partial charge is 0.239 e. The van der Waals surface area contributed by atoms with Crippen LogP contribution in [-0.2, 0) is 9.53 Å². The van der Waals surface area contributed by atoms with E-state index >= 15 is 0 Å². The fraction of sp³-hybridized carbons (Fsp3) is 0.533. The number of fused-ring (bicyclic) bond motifs is 1. The lowest BCUT2D eigenvalue weighted by atomic mass is 10.2. The number of nitrogens with one attached hydrogen (secondary N) is 2. The van der Waals surface area contributed by atoms with E-state index in [1.807, 2.05) is 0 Å². The molecule has 2 N–H and O–H groups in total. The number of H-pyrrole nitrogens is 1. The van der Waals surface area contributed by atoms with Crippen molar-refractivity contribution < 1.29 is 9.53 Å². The number of amides is 1. The molecule has 2 aromatic heterocycles. The van der Waals surface area contributed by atoms with Crippen LogP contribution in [0.2, 0.25) is 0 Å². The van der Waals surface area contributed by atoms with Crippen LogP contribution < -0.4 is 15.1 Å². The molecule has 2 fully saturated rings. The van der Waals surface area contributed by atoms with Crippen molar-refractivity contribution in [3.05, 3.63) is 12.3 Å². The third kappa shape index (κ3) is 2.59. The molecule has 23 heavy (non-hydrogen) atoms. The van der Waals surface area contributed by atoms with Crippen molar-refractivity contribution in [1.29, 1.82) is 0 Å². The summed E-state index contributed by atoms with van der Waals surface area (Å²) in [6.07, 6.45) is 1.77. The molecule has 2 aromatic rings. The third-order valence-corrected chi connectivity index (χ3v) is 4.43. The minimum Gasteiger partial charge on any atom is -0.377 e. The van der Waals surface area contributed by atoms with Crippen LogP contribution in [-0.4, -0.2) is 66.5 Å². The molecule has 8 heteroatoms. The van der Waals surface area contributed by atoms with E-state index in [1.54, 1.807) is 6.20 Å². The first-order chi connectivity index (χ1) is 11.2. The van der Waals surface area contributed by atoms with E-state index in [1.165, 1.54) is 0 Å². The quantitative estimate of drug-likeness (QED) is 0.818. The number of hydrogen-bond donors (Lipinski definition) is 2. The molecule has 2 aliphatic rings. The summed E-state index contributed by atoms with van der Waals surface area (Å²) < 4.78 is 5.51. The second kappa shape index (κ2) is 5.69. The van der Waals surface area contributed by atoms with Crippen LogP contribution in [0.15, 0.2) is 12.3 Å². The van der Waals surface area contributed by atoms with Crippen LogP contribution in [0.5, 0.6) is 0 Å². The number of rotatable bonds is 2. The largest absolute Gasteiger partial charge is 0.377 e. The van der Waals surface area contributed by atoms with E-state index in [4.69, 9.17) is 9.72 Å². The predicted molar refractivity (Wildman–Crippen MR) is 86.7 cm³/mol. The molecule has 8 nitrogen and oxygen atoms in total. The van der Waals surface area contributed by atoms with Gasteiger partial charge in [-0.05, 0) is 6.92 Å². The monoisotopic (exact) mass is 316 g/mol. The fourth-order valence-corrected chi connectivity index (χ4v) is 3.22. The van der Waals surface area contributed by atoms with Gasteiger partial charge >= 0.3 is 0 Å². The summed E-state index contributed by atoms with van der Waals surface area (Å²) in [6.45, 7) is 6.15. The van der Waals surface area contributed by atoms with E-state index in [2.05, 4.69) is 38.3 Å². The number of carbonyl (C=O) groups excluding carboxylic acids is 1. The van der Waals surface area contributed by atoms with Crippen LogP contribution >= 0.6 is 0 Å².